The molecule has 0 spiro atoms. The number of carbonyl (C=O) groups is 2. The van der Waals surface area contributed by atoms with Gasteiger partial charge in [0.2, 0.25) is 0 Å². The van der Waals surface area contributed by atoms with E-state index in [4.69, 9.17) is 4.74 Å². The molecule has 0 atom stereocenters. The number of hydrogen-bond acceptors (Lipinski definition) is 8. The molecule has 2 amide bonds. The number of amides is 2. The predicted octanol–water partition coefficient (Wildman–Crippen LogP) is 2.15. The first-order chi connectivity index (χ1) is 16.6. The molecule has 2 aromatic rings. The Morgan fingerprint density at radius 1 is 1.09 bits per heavy atom. The van der Waals surface area contributed by atoms with Gasteiger partial charge in [0.25, 0.3) is 5.91 Å². The molecule has 2 aliphatic rings. The number of aliphatic hydroxyl groups is 2. The number of piperidine rings is 1. The van der Waals surface area contributed by atoms with Crippen LogP contribution < -0.4 is 15.3 Å². The zero-order chi connectivity index (χ0) is 24.1. The molecular formula is C24H29N4O6-. The minimum atomic E-state index is -0.368. The third-order valence-corrected chi connectivity index (χ3v) is 6.35. The number of fused-ring (bicyclic) bond motifs is 1. The summed E-state index contributed by atoms with van der Waals surface area (Å²) in [7, 11) is 0. The van der Waals surface area contributed by atoms with E-state index in [1.54, 1.807) is 17.0 Å². The Morgan fingerprint density at radius 3 is 2.47 bits per heavy atom. The summed E-state index contributed by atoms with van der Waals surface area (Å²) in [6, 6.07) is 12.6. The molecule has 10 heteroatoms. The highest BCUT2D eigenvalue weighted by molar-refractivity contribution is 5.96. The van der Waals surface area contributed by atoms with E-state index in [0.717, 1.165) is 11.3 Å². The van der Waals surface area contributed by atoms with Gasteiger partial charge >= 0.3 is 6.09 Å². The van der Waals surface area contributed by atoms with Gasteiger partial charge in [0.1, 0.15) is 6.61 Å². The summed E-state index contributed by atoms with van der Waals surface area (Å²) in [5, 5.41) is 30.1. The fraction of sp³-hybridized carbons (Fsp3) is 0.417. The Bertz CT molecular complexity index is 1020. The lowest BCUT2D eigenvalue weighted by Gasteiger charge is -2.41. The number of rotatable bonds is 8. The van der Waals surface area contributed by atoms with Gasteiger partial charge in [-0.1, -0.05) is 18.2 Å². The molecule has 2 aromatic carbocycles. The predicted molar refractivity (Wildman–Crippen MR) is 128 cm³/mol. The fourth-order valence-electron chi connectivity index (χ4n) is 4.65. The fourth-order valence-corrected chi connectivity index (χ4v) is 4.65. The Kier molecular flexibility index (Phi) is 7.51. The van der Waals surface area contributed by atoms with Crippen LogP contribution in [0.25, 0.3) is 0 Å². The summed E-state index contributed by atoms with van der Waals surface area (Å²) in [6.07, 6.45) is 1.06. The second-order valence-corrected chi connectivity index (χ2v) is 8.34. The number of nitrogens with zero attached hydrogens (tertiary/aromatic N) is 3. The lowest BCUT2D eigenvalue weighted by Crippen LogP contribution is -2.49. The van der Waals surface area contributed by atoms with E-state index >= 15 is 0 Å². The number of nitrogens with one attached hydrogen (secondary N) is 1. The van der Waals surface area contributed by atoms with Crippen molar-refractivity contribution in [3.63, 3.8) is 0 Å². The van der Waals surface area contributed by atoms with Crippen molar-refractivity contribution in [1.82, 2.24) is 4.90 Å². The van der Waals surface area contributed by atoms with Crippen LogP contribution in [0.2, 0.25) is 0 Å². The molecule has 0 aromatic heterocycles. The maximum atomic E-state index is 12.7. The normalized spacial score (nSPS) is 16.1. The van der Waals surface area contributed by atoms with Crippen LogP contribution in [0.4, 0.5) is 21.9 Å². The summed E-state index contributed by atoms with van der Waals surface area (Å²) in [5.41, 5.74) is 5.07. The van der Waals surface area contributed by atoms with Crippen LogP contribution in [0.5, 0.6) is 0 Å². The van der Waals surface area contributed by atoms with Crippen LogP contribution in [0, 0.1) is 5.21 Å². The van der Waals surface area contributed by atoms with E-state index < -0.39 is 0 Å². The van der Waals surface area contributed by atoms with Crippen molar-refractivity contribution in [3.05, 3.63) is 58.8 Å². The van der Waals surface area contributed by atoms with Gasteiger partial charge in [-0.25, -0.2) is 4.79 Å². The molecule has 1 saturated heterocycles. The third-order valence-electron chi connectivity index (χ3n) is 6.35. The molecule has 2 aliphatic heterocycles. The summed E-state index contributed by atoms with van der Waals surface area (Å²) in [5.74, 6) is -0.368. The van der Waals surface area contributed by atoms with E-state index in [0.29, 0.717) is 37.2 Å². The lowest BCUT2D eigenvalue weighted by atomic mass is 9.99. The van der Waals surface area contributed by atoms with Gasteiger partial charge in [0.05, 0.1) is 24.6 Å². The number of cyclic esters (lactones) is 1. The molecule has 10 nitrogen and oxygen atoms in total. The lowest BCUT2D eigenvalue weighted by molar-refractivity contribution is 0.0685. The zero-order valence-corrected chi connectivity index (χ0v) is 18.9. The minimum absolute atomic E-state index is 0.0137. The quantitative estimate of drug-likeness (QED) is 0.502. The van der Waals surface area contributed by atoms with Crippen molar-refractivity contribution >= 4 is 29.1 Å². The monoisotopic (exact) mass is 469 g/mol. The number of aliphatic hydroxyl groups excluding tert-OH is 2. The highest BCUT2D eigenvalue weighted by Crippen LogP contribution is 2.34. The van der Waals surface area contributed by atoms with Gasteiger partial charge in [-0.15, -0.1) is 0 Å². The average molecular weight is 470 g/mol. The Hall–Kier alpha value is -3.34. The van der Waals surface area contributed by atoms with Crippen LogP contribution in [-0.2, 0) is 11.3 Å². The number of ether oxygens (including phenoxy) is 1. The third kappa shape index (κ3) is 4.79. The molecular weight excluding hydrogens is 440 g/mol. The first kappa shape index (κ1) is 23.8. The maximum absolute atomic E-state index is 12.7. The smallest absolute Gasteiger partial charge is 0.414 e. The summed E-state index contributed by atoms with van der Waals surface area (Å²) in [6.45, 7) is 1.27. The number of para-hydroxylation sites is 1. The van der Waals surface area contributed by atoms with Gasteiger partial charge in [-0.2, -0.15) is 0 Å². The molecule has 34 heavy (non-hydrogen) atoms. The Morgan fingerprint density at radius 2 is 1.79 bits per heavy atom. The molecule has 4 rings (SSSR count). The van der Waals surface area contributed by atoms with Gasteiger partial charge in [-0.05, 0) is 37.1 Å². The first-order valence-electron chi connectivity index (χ1n) is 11.4. The van der Waals surface area contributed by atoms with E-state index in [1.807, 2.05) is 29.7 Å². The van der Waals surface area contributed by atoms with Gasteiger partial charge < -0.3 is 35.4 Å². The van der Waals surface area contributed by atoms with Gasteiger partial charge in [0, 0.05) is 49.0 Å². The Balaban J connectivity index is 1.47. The second-order valence-electron chi connectivity index (χ2n) is 8.34. The van der Waals surface area contributed by atoms with Gasteiger partial charge in [0.15, 0.2) is 0 Å². The van der Waals surface area contributed by atoms with E-state index in [-0.39, 0.29) is 56.6 Å². The molecule has 0 bridgehead atoms. The van der Waals surface area contributed by atoms with Crippen LogP contribution in [-0.4, -0.2) is 72.5 Å². The Labute approximate surface area is 197 Å². The summed E-state index contributed by atoms with van der Waals surface area (Å²) >= 11 is 0. The van der Waals surface area contributed by atoms with Crippen LogP contribution in [0.1, 0.15) is 28.8 Å². The average Bonchev–Trinajstić information content (AvgIpc) is 2.88. The number of hydrogen-bond donors (Lipinski definition) is 3. The van der Waals surface area contributed by atoms with Crippen molar-refractivity contribution in [1.29, 1.82) is 0 Å². The maximum Gasteiger partial charge on any atom is 0.414 e. The molecule has 2 heterocycles. The molecule has 0 unspecified atom stereocenters. The second kappa shape index (κ2) is 10.7. The van der Waals surface area contributed by atoms with Crippen molar-refractivity contribution in [3.8, 4) is 0 Å². The first-order valence-corrected chi connectivity index (χ1v) is 11.4. The highest BCUT2D eigenvalue weighted by Gasteiger charge is 2.34. The van der Waals surface area contributed by atoms with Crippen LogP contribution >= 0.6 is 0 Å². The van der Waals surface area contributed by atoms with E-state index in [1.165, 1.54) is 11.0 Å². The number of carbonyl (C=O) groups excluding carboxylic acids is 2. The van der Waals surface area contributed by atoms with Crippen molar-refractivity contribution in [2.24, 2.45) is 0 Å². The zero-order valence-electron chi connectivity index (χ0n) is 18.9. The number of benzene rings is 2. The topological polar surface area (TPSA) is 129 Å². The molecule has 0 radical (unpaired) electrons. The van der Waals surface area contributed by atoms with Gasteiger partial charge in [-0.3, -0.25) is 9.69 Å². The number of anilines is 3. The summed E-state index contributed by atoms with van der Waals surface area (Å²) in [4.78, 5) is 30.4. The largest absolute Gasteiger partial charge is 0.761 e. The standard InChI is InChI=1S/C24H29N4O6/c29-13-11-27(12-14-30)23(31)17-5-6-22(20(15-17)25-33)26-9-7-19(8-10-26)28-21-4-2-1-3-18(21)16-34-24(28)32/h1-6,15,19,25,29-30H,7-14,16H2/q-1. The van der Waals surface area contributed by atoms with Crippen LogP contribution in [0.15, 0.2) is 42.5 Å². The summed E-state index contributed by atoms with van der Waals surface area (Å²) < 4.78 is 5.36. The van der Waals surface area contributed by atoms with Crippen molar-refractivity contribution in [2.75, 3.05) is 54.7 Å². The molecule has 0 saturated carbocycles. The SMILES string of the molecule is O=C(c1ccc(N2CCC(N3C(=O)OCc4ccccc43)CC2)c(N[O-])c1)N(CCO)CCO. The van der Waals surface area contributed by atoms with Crippen LogP contribution in [0.3, 0.4) is 0 Å². The molecule has 182 valence electrons. The van der Waals surface area contributed by atoms with E-state index in [9.17, 15) is 25.0 Å². The minimum Gasteiger partial charge on any atom is -0.761 e. The highest BCUT2D eigenvalue weighted by atomic mass is 16.6. The molecule has 0 aliphatic carbocycles. The van der Waals surface area contributed by atoms with E-state index in [2.05, 4.69) is 4.90 Å². The molecule has 1 fully saturated rings. The molecule has 3 N–H and O–H groups in total. The van der Waals surface area contributed by atoms with Crippen molar-refractivity contribution in [2.45, 2.75) is 25.5 Å². The van der Waals surface area contributed by atoms with Crippen molar-refractivity contribution < 1.29 is 24.5 Å².